The molecule has 0 spiro atoms. The number of nitrogens with two attached hydrogens (primary N) is 1. The number of hydrogen-bond donors (Lipinski definition) is 1. The highest BCUT2D eigenvalue weighted by Gasteiger charge is 2.46. The first kappa shape index (κ1) is 13.9. The third-order valence-corrected chi connectivity index (χ3v) is 5.89. The van der Waals surface area contributed by atoms with Gasteiger partial charge in [-0.1, -0.05) is 20.3 Å². The van der Waals surface area contributed by atoms with Gasteiger partial charge in [-0.2, -0.15) is 0 Å². The van der Waals surface area contributed by atoms with Crippen molar-refractivity contribution < 1.29 is 0 Å². The van der Waals surface area contributed by atoms with Crippen molar-refractivity contribution >= 4 is 0 Å². The molecule has 0 aromatic heterocycles. The smallest absolute Gasteiger partial charge is 0.0335 e. The Bertz CT molecular complexity index is 317. The quantitative estimate of drug-likeness (QED) is 0.770. The summed E-state index contributed by atoms with van der Waals surface area (Å²) in [5.74, 6) is 1.00. The highest BCUT2D eigenvalue weighted by atomic mass is 15.3. The van der Waals surface area contributed by atoms with Crippen LogP contribution in [0.15, 0.2) is 0 Å². The Hall–Kier alpha value is -0.0800. The molecule has 0 heterocycles. The third kappa shape index (κ3) is 3.16. The van der Waals surface area contributed by atoms with Crippen LogP contribution >= 0.6 is 0 Å². The van der Waals surface area contributed by atoms with Crippen molar-refractivity contribution in [2.24, 2.45) is 17.1 Å². The summed E-state index contributed by atoms with van der Waals surface area (Å²) in [5.41, 5.74) is 7.20. The summed E-state index contributed by atoms with van der Waals surface area (Å²) in [6.45, 7) is 7.12. The van der Waals surface area contributed by atoms with Gasteiger partial charge in [-0.3, -0.25) is 4.90 Å². The number of rotatable bonds is 5. The number of hydrogen-bond acceptors (Lipinski definition) is 2. The van der Waals surface area contributed by atoms with E-state index < -0.39 is 0 Å². The lowest BCUT2D eigenvalue weighted by Gasteiger charge is -2.44. The Morgan fingerprint density at radius 3 is 2.32 bits per heavy atom. The molecule has 0 aromatic carbocycles. The van der Waals surface area contributed by atoms with Crippen LogP contribution in [0.5, 0.6) is 0 Å². The van der Waals surface area contributed by atoms with Gasteiger partial charge in [0.15, 0.2) is 0 Å². The van der Waals surface area contributed by atoms with Crippen LogP contribution in [-0.4, -0.2) is 29.6 Å². The van der Waals surface area contributed by atoms with Crippen LogP contribution in [0.3, 0.4) is 0 Å². The predicted octanol–water partition coefficient (Wildman–Crippen LogP) is 3.55. The number of nitrogens with zero attached hydrogens (tertiary/aromatic N) is 1. The van der Waals surface area contributed by atoms with E-state index >= 15 is 0 Å². The Balaban J connectivity index is 1.75. The van der Waals surface area contributed by atoms with Gasteiger partial charge in [-0.25, -0.2) is 0 Å². The maximum atomic E-state index is 6.32. The molecule has 1 unspecified atom stereocenters. The molecule has 3 fully saturated rings. The summed E-state index contributed by atoms with van der Waals surface area (Å²) in [6, 6.07) is 0.880. The molecule has 0 aliphatic heterocycles. The van der Waals surface area contributed by atoms with E-state index in [1.165, 1.54) is 64.3 Å². The first-order chi connectivity index (χ1) is 9.05. The van der Waals surface area contributed by atoms with Crippen LogP contribution in [-0.2, 0) is 0 Å². The van der Waals surface area contributed by atoms with E-state index in [9.17, 15) is 0 Å². The molecule has 0 amide bonds. The topological polar surface area (TPSA) is 29.3 Å². The van der Waals surface area contributed by atoms with Crippen LogP contribution in [0.4, 0.5) is 0 Å². The standard InChI is InChI=1S/C17H32N2/c1-16(2)8-3-9-17(13-18,11-10-16)19(15-6-7-15)12-14-4-5-14/h14-15H,3-13,18H2,1-2H3. The molecule has 2 nitrogen and oxygen atoms in total. The van der Waals surface area contributed by atoms with Crippen LogP contribution in [0, 0.1) is 11.3 Å². The Kier molecular flexibility index (Phi) is 3.68. The second-order valence-corrected chi connectivity index (χ2v) is 8.27. The van der Waals surface area contributed by atoms with Crippen molar-refractivity contribution in [3.8, 4) is 0 Å². The molecule has 0 radical (unpaired) electrons. The fourth-order valence-corrected chi connectivity index (χ4v) is 4.02. The molecule has 110 valence electrons. The summed E-state index contributed by atoms with van der Waals surface area (Å²) in [4.78, 5) is 2.88. The van der Waals surface area contributed by atoms with Gasteiger partial charge in [0.05, 0.1) is 0 Å². The van der Waals surface area contributed by atoms with Crippen LogP contribution in [0.2, 0.25) is 0 Å². The molecule has 19 heavy (non-hydrogen) atoms. The third-order valence-electron chi connectivity index (χ3n) is 5.89. The van der Waals surface area contributed by atoms with Crippen molar-refractivity contribution in [3.63, 3.8) is 0 Å². The second kappa shape index (κ2) is 5.04. The van der Waals surface area contributed by atoms with Crippen LogP contribution in [0.25, 0.3) is 0 Å². The second-order valence-electron chi connectivity index (χ2n) is 8.27. The molecule has 2 N–H and O–H groups in total. The normalized spacial score (nSPS) is 35.4. The van der Waals surface area contributed by atoms with Gasteiger partial charge < -0.3 is 5.73 Å². The highest BCUT2D eigenvalue weighted by molar-refractivity contribution is 5.02. The minimum Gasteiger partial charge on any atom is -0.329 e. The average molecular weight is 264 g/mol. The molecule has 3 rings (SSSR count). The summed E-state index contributed by atoms with van der Waals surface area (Å²) in [6.07, 6.45) is 12.6. The molecule has 3 aliphatic rings. The summed E-state index contributed by atoms with van der Waals surface area (Å²) >= 11 is 0. The van der Waals surface area contributed by atoms with E-state index in [1.54, 1.807) is 0 Å². The zero-order valence-corrected chi connectivity index (χ0v) is 13.0. The van der Waals surface area contributed by atoms with E-state index in [1.807, 2.05) is 0 Å². The molecule has 3 saturated carbocycles. The van der Waals surface area contributed by atoms with Gasteiger partial charge >= 0.3 is 0 Å². The monoisotopic (exact) mass is 264 g/mol. The summed E-state index contributed by atoms with van der Waals surface area (Å²) in [5, 5.41) is 0. The largest absolute Gasteiger partial charge is 0.329 e. The summed E-state index contributed by atoms with van der Waals surface area (Å²) in [7, 11) is 0. The van der Waals surface area contributed by atoms with E-state index in [2.05, 4.69) is 18.7 Å². The van der Waals surface area contributed by atoms with Crippen molar-refractivity contribution in [2.45, 2.75) is 83.2 Å². The predicted molar refractivity (Wildman–Crippen MR) is 81.1 cm³/mol. The lowest BCUT2D eigenvalue weighted by molar-refractivity contribution is 0.0616. The van der Waals surface area contributed by atoms with Crippen molar-refractivity contribution in [1.82, 2.24) is 4.90 Å². The van der Waals surface area contributed by atoms with Crippen LogP contribution in [0.1, 0.15) is 71.6 Å². The Labute approximate surface area is 119 Å². The van der Waals surface area contributed by atoms with Gasteiger partial charge in [0, 0.05) is 24.7 Å². The van der Waals surface area contributed by atoms with Crippen molar-refractivity contribution in [1.29, 1.82) is 0 Å². The highest BCUT2D eigenvalue weighted by Crippen LogP contribution is 2.46. The Morgan fingerprint density at radius 2 is 1.74 bits per heavy atom. The van der Waals surface area contributed by atoms with Gasteiger partial charge in [-0.05, 0) is 62.7 Å². The van der Waals surface area contributed by atoms with Crippen molar-refractivity contribution in [2.75, 3.05) is 13.1 Å². The maximum Gasteiger partial charge on any atom is 0.0335 e. The van der Waals surface area contributed by atoms with Crippen molar-refractivity contribution in [3.05, 3.63) is 0 Å². The van der Waals surface area contributed by atoms with E-state index in [4.69, 9.17) is 5.73 Å². The zero-order chi connectivity index (χ0) is 13.5. The first-order valence-corrected chi connectivity index (χ1v) is 8.52. The fraction of sp³-hybridized carbons (Fsp3) is 1.00. The molecule has 0 bridgehead atoms. The van der Waals surface area contributed by atoms with E-state index in [0.717, 1.165) is 18.5 Å². The summed E-state index contributed by atoms with van der Waals surface area (Å²) < 4.78 is 0. The lowest BCUT2D eigenvalue weighted by atomic mass is 9.82. The molecular weight excluding hydrogens is 232 g/mol. The average Bonchev–Trinajstić information content (AvgIpc) is 3.23. The van der Waals surface area contributed by atoms with E-state index in [-0.39, 0.29) is 0 Å². The first-order valence-electron chi connectivity index (χ1n) is 8.52. The Morgan fingerprint density at radius 1 is 1.00 bits per heavy atom. The van der Waals surface area contributed by atoms with Gasteiger partial charge in [0.2, 0.25) is 0 Å². The fourth-order valence-electron chi connectivity index (χ4n) is 4.02. The lowest BCUT2D eigenvalue weighted by Crippen LogP contribution is -2.55. The molecule has 0 aromatic rings. The van der Waals surface area contributed by atoms with Gasteiger partial charge in [-0.15, -0.1) is 0 Å². The molecular formula is C17H32N2. The molecule has 3 aliphatic carbocycles. The van der Waals surface area contributed by atoms with E-state index in [0.29, 0.717) is 11.0 Å². The molecule has 0 saturated heterocycles. The maximum absolute atomic E-state index is 6.32. The van der Waals surface area contributed by atoms with Gasteiger partial charge in [0.1, 0.15) is 0 Å². The zero-order valence-electron chi connectivity index (χ0n) is 13.0. The molecule has 1 atom stereocenters. The minimum atomic E-state index is 0.345. The SMILES string of the molecule is CC1(C)CCCC(CN)(N(CC2CC2)C2CC2)CC1. The molecule has 2 heteroatoms. The van der Waals surface area contributed by atoms with Gasteiger partial charge in [0.25, 0.3) is 0 Å². The van der Waals surface area contributed by atoms with Crippen LogP contribution < -0.4 is 5.73 Å². The minimum absolute atomic E-state index is 0.345.